The summed E-state index contributed by atoms with van der Waals surface area (Å²) in [6, 6.07) is 14.1. The van der Waals surface area contributed by atoms with Gasteiger partial charge in [-0.3, -0.25) is 9.59 Å². The molecule has 3 rings (SSSR count). The number of carbonyl (C=O) groups excluding carboxylic acids is 2. The fourth-order valence-corrected chi connectivity index (χ4v) is 3.52. The van der Waals surface area contributed by atoms with Gasteiger partial charge in [-0.25, -0.2) is 0 Å². The third kappa shape index (κ3) is 3.68. The van der Waals surface area contributed by atoms with Crippen LogP contribution in [-0.4, -0.2) is 40.7 Å². The minimum atomic E-state index is -0.354. The molecule has 25 heavy (non-hydrogen) atoms. The summed E-state index contributed by atoms with van der Waals surface area (Å²) < 4.78 is 0. The van der Waals surface area contributed by atoms with Crippen LogP contribution >= 0.6 is 0 Å². The van der Waals surface area contributed by atoms with Crippen LogP contribution in [0.1, 0.15) is 32.8 Å². The molecule has 2 aromatic rings. The van der Waals surface area contributed by atoms with Crippen LogP contribution in [0.2, 0.25) is 0 Å². The van der Waals surface area contributed by atoms with Crippen LogP contribution in [0.5, 0.6) is 0 Å². The standard InChI is InChI=1S/C21H26N2O2/c1-4-22-14-20(24)23(19(21(22)25)11-15(2)3)13-16-9-10-17-7-5-6-8-18(17)12-16/h5-10,12,15,19H,4,11,13-14H2,1-3H3/t19-/m0/s1. The van der Waals surface area contributed by atoms with Crippen LogP contribution in [0.15, 0.2) is 42.5 Å². The molecule has 0 spiro atoms. The van der Waals surface area contributed by atoms with E-state index in [9.17, 15) is 9.59 Å². The summed E-state index contributed by atoms with van der Waals surface area (Å²) in [5.41, 5.74) is 1.07. The molecule has 1 fully saturated rings. The third-order valence-electron chi connectivity index (χ3n) is 4.86. The van der Waals surface area contributed by atoms with Crippen LogP contribution in [0.25, 0.3) is 10.8 Å². The Bertz CT molecular complexity index is 784. The average molecular weight is 338 g/mol. The molecule has 132 valence electrons. The van der Waals surface area contributed by atoms with Gasteiger partial charge in [0.15, 0.2) is 0 Å². The van der Waals surface area contributed by atoms with Crippen LogP contribution in [-0.2, 0) is 16.1 Å². The first kappa shape index (κ1) is 17.5. The lowest BCUT2D eigenvalue weighted by atomic mass is 9.97. The second-order valence-corrected chi connectivity index (χ2v) is 7.20. The lowest BCUT2D eigenvalue weighted by molar-refractivity contribution is -0.157. The SMILES string of the molecule is CCN1CC(=O)N(Cc2ccc3ccccc3c2)[C@@H](CC(C)C)C1=O. The maximum absolute atomic E-state index is 12.8. The summed E-state index contributed by atoms with van der Waals surface area (Å²) >= 11 is 0. The van der Waals surface area contributed by atoms with Gasteiger partial charge in [0, 0.05) is 13.1 Å². The first-order valence-electron chi connectivity index (χ1n) is 9.05. The molecule has 1 heterocycles. The highest BCUT2D eigenvalue weighted by Gasteiger charge is 2.38. The number of likely N-dealkylation sites (N-methyl/N-ethyl adjacent to an activating group) is 1. The molecule has 1 saturated heterocycles. The van der Waals surface area contributed by atoms with E-state index in [1.54, 1.807) is 9.80 Å². The van der Waals surface area contributed by atoms with Gasteiger partial charge in [-0.2, -0.15) is 0 Å². The van der Waals surface area contributed by atoms with Gasteiger partial charge in [0.25, 0.3) is 0 Å². The fourth-order valence-electron chi connectivity index (χ4n) is 3.52. The van der Waals surface area contributed by atoms with Gasteiger partial charge in [0.2, 0.25) is 11.8 Å². The van der Waals surface area contributed by atoms with Crippen molar-refractivity contribution in [1.29, 1.82) is 0 Å². The van der Waals surface area contributed by atoms with Gasteiger partial charge >= 0.3 is 0 Å². The van der Waals surface area contributed by atoms with Crippen molar-refractivity contribution in [3.05, 3.63) is 48.0 Å². The number of nitrogens with zero attached hydrogens (tertiary/aromatic N) is 2. The number of piperazine rings is 1. The Hall–Kier alpha value is -2.36. The van der Waals surface area contributed by atoms with E-state index in [1.165, 1.54) is 5.39 Å². The monoisotopic (exact) mass is 338 g/mol. The third-order valence-corrected chi connectivity index (χ3v) is 4.86. The number of rotatable bonds is 5. The molecule has 0 aromatic heterocycles. The fraction of sp³-hybridized carbons (Fsp3) is 0.429. The molecule has 2 aromatic carbocycles. The Morgan fingerprint density at radius 2 is 1.80 bits per heavy atom. The van der Waals surface area contributed by atoms with Gasteiger partial charge in [0.05, 0.1) is 6.54 Å². The van der Waals surface area contributed by atoms with Crippen molar-refractivity contribution in [3.63, 3.8) is 0 Å². The number of amides is 2. The molecule has 0 unspecified atom stereocenters. The molecule has 1 aliphatic heterocycles. The van der Waals surface area contributed by atoms with Crippen molar-refractivity contribution in [3.8, 4) is 0 Å². The first-order chi connectivity index (χ1) is 12.0. The zero-order valence-electron chi connectivity index (χ0n) is 15.2. The largest absolute Gasteiger partial charge is 0.332 e. The van der Waals surface area contributed by atoms with Crippen molar-refractivity contribution < 1.29 is 9.59 Å². The molecular weight excluding hydrogens is 312 g/mol. The molecule has 1 aliphatic rings. The van der Waals surface area contributed by atoms with E-state index in [0.29, 0.717) is 25.4 Å². The Kier molecular flexibility index (Phi) is 5.07. The summed E-state index contributed by atoms with van der Waals surface area (Å²) in [5, 5.41) is 2.34. The summed E-state index contributed by atoms with van der Waals surface area (Å²) in [4.78, 5) is 28.9. The number of hydrogen-bond donors (Lipinski definition) is 0. The summed E-state index contributed by atoms with van der Waals surface area (Å²) in [6.07, 6.45) is 0.703. The van der Waals surface area contributed by atoms with Gasteiger partial charge in [0.1, 0.15) is 6.04 Å². The van der Waals surface area contributed by atoms with E-state index in [0.717, 1.165) is 10.9 Å². The Balaban J connectivity index is 1.88. The molecule has 0 aliphatic carbocycles. The number of fused-ring (bicyclic) bond motifs is 1. The second-order valence-electron chi connectivity index (χ2n) is 7.20. The minimum absolute atomic E-state index is 0.0419. The van der Waals surface area contributed by atoms with Crippen LogP contribution < -0.4 is 0 Å². The molecule has 0 bridgehead atoms. The summed E-state index contributed by atoms with van der Waals surface area (Å²) in [6.45, 7) is 7.38. The van der Waals surface area contributed by atoms with E-state index in [-0.39, 0.29) is 24.4 Å². The molecule has 0 radical (unpaired) electrons. The summed E-state index contributed by atoms with van der Waals surface area (Å²) in [5.74, 6) is 0.481. The molecule has 0 N–H and O–H groups in total. The molecule has 4 heteroatoms. The first-order valence-corrected chi connectivity index (χ1v) is 9.05. The molecule has 0 saturated carbocycles. The van der Waals surface area contributed by atoms with Gasteiger partial charge in [-0.05, 0) is 41.7 Å². The second kappa shape index (κ2) is 7.26. The highest BCUT2D eigenvalue weighted by Crippen LogP contribution is 2.23. The van der Waals surface area contributed by atoms with E-state index in [2.05, 4.69) is 44.2 Å². The van der Waals surface area contributed by atoms with Gasteiger partial charge in [-0.1, -0.05) is 50.2 Å². The molecular formula is C21H26N2O2. The quantitative estimate of drug-likeness (QED) is 0.838. The molecule has 1 atom stereocenters. The number of benzene rings is 2. The Morgan fingerprint density at radius 1 is 1.08 bits per heavy atom. The van der Waals surface area contributed by atoms with Crippen molar-refractivity contribution in [2.24, 2.45) is 5.92 Å². The smallest absolute Gasteiger partial charge is 0.245 e. The highest BCUT2D eigenvalue weighted by molar-refractivity contribution is 5.95. The minimum Gasteiger partial charge on any atom is -0.332 e. The molecule has 2 amide bonds. The lowest BCUT2D eigenvalue weighted by Crippen LogP contribution is -2.59. The Morgan fingerprint density at radius 3 is 2.48 bits per heavy atom. The lowest BCUT2D eigenvalue weighted by Gasteiger charge is -2.40. The topological polar surface area (TPSA) is 40.6 Å². The highest BCUT2D eigenvalue weighted by atomic mass is 16.2. The van der Waals surface area contributed by atoms with Crippen molar-refractivity contribution in [1.82, 2.24) is 9.80 Å². The predicted octanol–water partition coefficient (Wildman–Crippen LogP) is 3.45. The maximum atomic E-state index is 12.8. The summed E-state index contributed by atoms with van der Waals surface area (Å²) in [7, 11) is 0. The van der Waals surface area contributed by atoms with E-state index >= 15 is 0 Å². The zero-order chi connectivity index (χ0) is 18.0. The van der Waals surface area contributed by atoms with Crippen LogP contribution in [0.4, 0.5) is 0 Å². The van der Waals surface area contributed by atoms with Crippen molar-refractivity contribution in [2.75, 3.05) is 13.1 Å². The average Bonchev–Trinajstić information content (AvgIpc) is 2.60. The van der Waals surface area contributed by atoms with Crippen LogP contribution in [0, 0.1) is 5.92 Å². The molecule has 4 nitrogen and oxygen atoms in total. The van der Waals surface area contributed by atoms with E-state index in [1.807, 2.05) is 19.1 Å². The van der Waals surface area contributed by atoms with Crippen molar-refractivity contribution >= 4 is 22.6 Å². The maximum Gasteiger partial charge on any atom is 0.245 e. The Labute approximate surface area is 149 Å². The number of hydrogen-bond acceptors (Lipinski definition) is 2. The van der Waals surface area contributed by atoms with Crippen molar-refractivity contribution in [2.45, 2.75) is 39.8 Å². The van der Waals surface area contributed by atoms with Crippen LogP contribution in [0.3, 0.4) is 0 Å². The van der Waals surface area contributed by atoms with E-state index in [4.69, 9.17) is 0 Å². The zero-order valence-corrected chi connectivity index (χ0v) is 15.2. The van der Waals surface area contributed by atoms with Gasteiger partial charge in [-0.15, -0.1) is 0 Å². The number of carbonyl (C=O) groups is 2. The normalized spacial score (nSPS) is 18.5. The predicted molar refractivity (Wildman–Crippen MR) is 100.0 cm³/mol. The van der Waals surface area contributed by atoms with E-state index < -0.39 is 0 Å². The van der Waals surface area contributed by atoms with Gasteiger partial charge < -0.3 is 9.80 Å².